The van der Waals surface area contributed by atoms with Crippen molar-refractivity contribution < 1.29 is 29.7 Å². The fraction of sp³-hybridized carbons (Fsp3) is 0.357. The van der Waals surface area contributed by atoms with Crippen molar-refractivity contribution >= 4 is 29.6 Å². The number of nitrogens with zero attached hydrogens (tertiary/aromatic N) is 1. The van der Waals surface area contributed by atoms with Crippen molar-refractivity contribution in [1.82, 2.24) is 4.90 Å². The van der Waals surface area contributed by atoms with E-state index in [1.807, 2.05) is 0 Å². The number of hydrogen-bond donors (Lipinski definition) is 3. The van der Waals surface area contributed by atoms with E-state index < -0.39 is 29.3 Å². The molecular weight excluding hydrogens is 310 g/mol. The number of hydrogen-bond acceptors (Lipinski definition) is 5. The van der Waals surface area contributed by atoms with Crippen molar-refractivity contribution in [2.24, 2.45) is 0 Å². The van der Waals surface area contributed by atoms with Crippen LogP contribution in [0.25, 0.3) is 0 Å². The lowest BCUT2D eigenvalue weighted by Crippen LogP contribution is -2.43. The third-order valence-electron chi connectivity index (χ3n) is 3.33. The second-order valence-electron chi connectivity index (χ2n) is 4.79. The Morgan fingerprint density at radius 1 is 1.18 bits per heavy atom. The van der Waals surface area contributed by atoms with Crippen LogP contribution in [-0.4, -0.2) is 49.9 Å². The summed E-state index contributed by atoms with van der Waals surface area (Å²) in [7, 11) is 0. The second-order valence-corrected chi connectivity index (χ2v) is 5.91. The van der Waals surface area contributed by atoms with Crippen LogP contribution in [-0.2, 0) is 14.4 Å². The largest absolute Gasteiger partial charge is 0.508 e. The molecule has 0 bridgehead atoms. The van der Waals surface area contributed by atoms with Gasteiger partial charge in [0.2, 0.25) is 5.91 Å². The van der Waals surface area contributed by atoms with Crippen molar-refractivity contribution in [3.63, 3.8) is 0 Å². The monoisotopic (exact) mass is 325 g/mol. The van der Waals surface area contributed by atoms with Gasteiger partial charge in [0, 0.05) is 17.7 Å². The molecule has 1 unspecified atom stereocenters. The van der Waals surface area contributed by atoms with Gasteiger partial charge in [-0.3, -0.25) is 9.59 Å². The van der Waals surface area contributed by atoms with Crippen LogP contribution in [0.4, 0.5) is 0 Å². The number of para-hydroxylation sites is 1. The number of carboxylic acids is 2. The van der Waals surface area contributed by atoms with Gasteiger partial charge in [-0.15, -0.1) is 11.8 Å². The first-order valence-corrected chi connectivity index (χ1v) is 7.62. The van der Waals surface area contributed by atoms with Gasteiger partial charge in [0.15, 0.2) is 0 Å². The standard InChI is InChI=1S/C14H15NO6S/c16-10-4-2-1-3-8(10)13-15(9(7-22-13)14(20)21)11(17)5-6-12(18)19/h1-4,9,13,16H,5-7H2,(H,18,19)(H,20,21)/t9-,13?/m0/s1. The number of amides is 1. The van der Waals surface area contributed by atoms with Gasteiger partial charge < -0.3 is 20.2 Å². The molecule has 0 spiro atoms. The Morgan fingerprint density at radius 3 is 2.45 bits per heavy atom. The molecule has 1 heterocycles. The van der Waals surface area contributed by atoms with Crippen LogP contribution in [0.2, 0.25) is 0 Å². The minimum Gasteiger partial charge on any atom is -0.508 e. The average molecular weight is 325 g/mol. The Bertz CT molecular complexity index is 605. The summed E-state index contributed by atoms with van der Waals surface area (Å²) in [4.78, 5) is 35.4. The van der Waals surface area contributed by atoms with E-state index >= 15 is 0 Å². The normalized spacial score (nSPS) is 20.8. The van der Waals surface area contributed by atoms with Gasteiger partial charge in [0.05, 0.1) is 6.42 Å². The Kier molecular flexibility index (Phi) is 4.92. The Morgan fingerprint density at radius 2 is 1.86 bits per heavy atom. The summed E-state index contributed by atoms with van der Waals surface area (Å²) in [5.41, 5.74) is 0.444. The highest BCUT2D eigenvalue weighted by molar-refractivity contribution is 7.99. The van der Waals surface area contributed by atoms with Crippen LogP contribution in [0.1, 0.15) is 23.8 Å². The second kappa shape index (κ2) is 6.69. The SMILES string of the molecule is O=C(O)CCC(=O)N1C(c2ccccc2O)SC[C@H]1C(=O)O. The van der Waals surface area contributed by atoms with E-state index in [-0.39, 0.29) is 24.3 Å². The Hall–Kier alpha value is -2.22. The van der Waals surface area contributed by atoms with E-state index in [0.29, 0.717) is 5.56 Å². The topological polar surface area (TPSA) is 115 Å². The van der Waals surface area contributed by atoms with E-state index in [1.165, 1.54) is 17.8 Å². The maximum Gasteiger partial charge on any atom is 0.327 e. The molecule has 118 valence electrons. The lowest BCUT2D eigenvalue weighted by atomic mass is 10.1. The number of carbonyl (C=O) groups is 3. The Balaban J connectivity index is 2.29. The molecule has 0 radical (unpaired) electrons. The summed E-state index contributed by atoms with van der Waals surface area (Å²) in [5, 5.41) is 27.2. The van der Waals surface area contributed by atoms with Crippen molar-refractivity contribution in [3.8, 4) is 5.75 Å². The highest BCUT2D eigenvalue weighted by Crippen LogP contribution is 2.44. The Labute approximate surface area is 130 Å². The van der Waals surface area contributed by atoms with E-state index in [9.17, 15) is 24.6 Å². The molecule has 0 saturated carbocycles. The van der Waals surface area contributed by atoms with Crippen LogP contribution < -0.4 is 0 Å². The highest BCUT2D eigenvalue weighted by atomic mass is 32.2. The molecule has 1 amide bonds. The number of benzene rings is 1. The minimum absolute atomic E-state index is 0.0259. The number of phenolic OH excluding ortho intramolecular Hbond substituents is 1. The number of aliphatic carboxylic acids is 2. The summed E-state index contributed by atoms with van der Waals surface area (Å²) in [6.07, 6.45) is -0.635. The van der Waals surface area contributed by atoms with Gasteiger partial charge in [0.25, 0.3) is 0 Å². The number of rotatable bonds is 5. The predicted octanol–water partition coefficient (Wildman–Crippen LogP) is 1.28. The van der Waals surface area contributed by atoms with Gasteiger partial charge in [-0.25, -0.2) is 4.79 Å². The molecule has 1 aromatic carbocycles. The van der Waals surface area contributed by atoms with Crippen molar-refractivity contribution in [2.45, 2.75) is 24.3 Å². The fourth-order valence-electron chi connectivity index (χ4n) is 2.28. The zero-order valence-electron chi connectivity index (χ0n) is 11.5. The number of carboxylic acid groups (broad SMARTS) is 2. The zero-order valence-corrected chi connectivity index (χ0v) is 12.3. The molecule has 1 fully saturated rings. The summed E-state index contributed by atoms with van der Waals surface area (Å²) in [5.74, 6) is -2.65. The highest BCUT2D eigenvalue weighted by Gasteiger charge is 2.42. The first-order chi connectivity index (χ1) is 10.4. The maximum absolute atomic E-state index is 12.3. The summed E-state index contributed by atoms with van der Waals surface area (Å²) in [6.45, 7) is 0. The van der Waals surface area contributed by atoms with Crippen LogP contribution >= 0.6 is 11.8 Å². The van der Waals surface area contributed by atoms with Gasteiger partial charge in [-0.05, 0) is 6.07 Å². The summed E-state index contributed by atoms with van der Waals surface area (Å²) in [6, 6.07) is 5.36. The maximum atomic E-state index is 12.3. The summed E-state index contributed by atoms with van der Waals surface area (Å²) < 4.78 is 0. The molecule has 7 nitrogen and oxygen atoms in total. The molecule has 1 aliphatic heterocycles. The number of phenols is 1. The molecule has 2 atom stereocenters. The molecular formula is C14H15NO6S. The third kappa shape index (κ3) is 3.33. The van der Waals surface area contributed by atoms with Gasteiger partial charge in [-0.2, -0.15) is 0 Å². The first kappa shape index (κ1) is 16.2. The number of thioether (sulfide) groups is 1. The van der Waals surface area contributed by atoms with Gasteiger partial charge in [-0.1, -0.05) is 18.2 Å². The number of aromatic hydroxyl groups is 1. The lowest BCUT2D eigenvalue weighted by molar-refractivity contribution is -0.150. The van der Waals surface area contributed by atoms with Gasteiger partial charge in [0.1, 0.15) is 17.2 Å². The molecule has 1 aliphatic rings. The fourth-order valence-corrected chi connectivity index (χ4v) is 3.75. The molecule has 1 saturated heterocycles. The minimum atomic E-state index is -1.14. The zero-order chi connectivity index (χ0) is 16.3. The van der Waals surface area contributed by atoms with Crippen LogP contribution in [0.3, 0.4) is 0 Å². The van der Waals surface area contributed by atoms with E-state index in [2.05, 4.69) is 0 Å². The number of carbonyl (C=O) groups excluding carboxylic acids is 1. The molecule has 0 aliphatic carbocycles. The van der Waals surface area contributed by atoms with Crippen LogP contribution in [0.15, 0.2) is 24.3 Å². The van der Waals surface area contributed by atoms with E-state index in [0.717, 1.165) is 4.90 Å². The molecule has 0 aromatic heterocycles. The average Bonchev–Trinajstić information content (AvgIpc) is 2.90. The molecule has 22 heavy (non-hydrogen) atoms. The molecule has 3 N–H and O–H groups in total. The summed E-state index contributed by atoms with van der Waals surface area (Å²) >= 11 is 1.23. The molecule has 8 heteroatoms. The van der Waals surface area contributed by atoms with Crippen LogP contribution in [0.5, 0.6) is 5.75 Å². The molecule has 1 aromatic rings. The predicted molar refractivity (Wildman–Crippen MR) is 78.4 cm³/mol. The van der Waals surface area contributed by atoms with E-state index in [1.54, 1.807) is 18.2 Å². The first-order valence-electron chi connectivity index (χ1n) is 6.57. The quantitative estimate of drug-likeness (QED) is 0.747. The van der Waals surface area contributed by atoms with Gasteiger partial charge >= 0.3 is 11.9 Å². The van der Waals surface area contributed by atoms with Crippen molar-refractivity contribution in [2.75, 3.05) is 5.75 Å². The van der Waals surface area contributed by atoms with Crippen molar-refractivity contribution in [3.05, 3.63) is 29.8 Å². The van der Waals surface area contributed by atoms with Crippen LogP contribution in [0, 0.1) is 0 Å². The lowest BCUT2D eigenvalue weighted by Gasteiger charge is -2.27. The van der Waals surface area contributed by atoms with Crippen molar-refractivity contribution in [1.29, 1.82) is 0 Å². The smallest absolute Gasteiger partial charge is 0.327 e. The third-order valence-corrected chi connectivity index (χ3v) is 4.63. The molecule has 2 rings (SSSR count). The van der Waals surface area contributed by atoms with E-state index in [4.69, 9.17) is 5.11 Å².